The molecule has 1 aromatic heterocycles. The van der Waals surface area contributed by atoms with Gasteiger partial charge in [0.25, 0.3) is 0 Å². The van der Waals surface area contributed by atoms with Crippen LogP contribution in [0.3, 0.4) is 0 Å². The van der Waals surface area contributed by atoms with E-state index >= 15 is 0 Å². The SMILES string of the molecule is C/C(=N\Oc1cccc(C(F)(F)F)c1)c1cnc(C)nc1C1CCN(C(=O)Nc2c(F)cccc2F)C(C)C1. The lowest BCUT2D eigenvalue weighted by molar-refractivity contribution is -0.137. The summed E-state index contributed by atoms with van der Waals surface area (Å²) in [5.74, 6) is -1.39. The van der Waals surface area contributed by atoms with Gasteiger partial charge in [-0.25, -0.2) is 23.5 Å². The fraction of sp³-hybridized carbons (Fsp3) is 0.333. The highest BCUT2D eigenvalue weighted by atomic mass is 19.4. The van der Waals surface area contributed by atoms with Crippen molar-refractivity contribution in [3.05, 3.63) is 82.9 Å². The number of nitrogens with zero attached hydrogens (tertiary/aromatic N) is 4. The molecular formula is C27H26F5N5O2. The number of carbonyl (C=O) groups excluding carboxylic acids is 1. The van der Waals surface area contributed by atoms with E-state index in [2.05, 4.69) is 20.4 Å². The summed E-state index contributed by atoms with van der Waals surface area (Å²) in [6.07, 6.45) is -1.93. The number of aromatic nitrogens is 2. The molecule has 7 nitrogen and oxygen atoms in total. The Morgan fingerprint density at radius 3 is 2.51 bits per heavy atom. The molecule has 1 aliphatic heterocycles. The molecule has 1 saturated heterocycles. The maximum atomic E-state index is 14.0. The van der Waals surface area contributed by atoms with Crippen molar-refractivity contribution in [2.75, 3.05) is 11.9 Å². The van der Waals surface area contributed by atoms with Crippen molar-refractivity contribution in [1.82, 2.24) is 14.9 Å². The number of hydrogen-bond donors (Lipinski definition) is 1. The fourth-order valence-electron chi connectivity index (χ4n) is 4.50. The molecule has 2 aromatic carbocycles. The number of hydrogen-bond acceptors (Lipinski definition) is 5. The number of rotatable bonds is 5. The van der Waals surface area contributed by atoms with E-state index in [0.29, 0.717) is 42.2 Å². The summed E-state index contributed by atoms with van der Waals surface area (Å²) >= 11 is 0. The van der Waals surface area contributed by atoms with E-state index in [9.17, 15) is 26.7 Å². The highest BCUT2D eigenvalue weighted by Gasteiger charge is 2.33. The number of urea groups is 1. The van der Waals surface area contributed by atoms with Gasteiger partial charge in [0.1, 0.15) is 23.1 Å². The maximum Gasteiger partial charge on any atom is 0.416 e. The van der Waals surface area contributed by atoms with Crippen molar-refractivity contribution >= 4 is 17.4 Å². The fourth-order valence-corrected chi connectivity index (χ4v) is 4.50. The van der Waals surface area contributed by atoms with Crippen molar-refractivity contribution in [2.24, 2.45) is 5.16 Å². The van der Waals surface area contributed by atoms with E-state index in [1.54, 1.807) is 20.0 Å². The zero-order chi connectivity index (χ0) is 28.3. The Labute approximate surface area is 221 Å². The van der Waals surface area contributed by atoms with Crippen LogP contribution in [-0.2, 0) is 6.18 Å². The molecule has 0 aliphatic carbocycles. The van der Waals surface area contributed by atoms with Crippen LogP contribution in [0.2, 0.25) is 0 Å². The van der Waals surface area contributed by atoms with Crippen LogP contribution in [-0.4, -0.2) is 39.2 Å². The monoisotopic (exact) mass is 547 g/mol. The van der Waals surface area contributed by atoms with Crippen molar-refractivity contribution in [3.63, 3.8) is 0 Å². The average Bonchev–Trinajstić information content (AvgIpc) is 2.89. The molecule has 2 amide bonds. The predicted octanol–water partition coefficient (Wildman–Crippen LogP) is 6.69. The Morgan fingerprint density at radius 2 is 1.85 bits per heavy atom. The molecule has 1 aliphatic rings. The van der Waals surface area contributed by atoms with Crippen molar-refractivity contribution in [3.8, 4) is 5.75 Å². The molecule has 0 spiro atoms. The van der Waals surface area contributed by atoms with E-state index in [1.165, 1.54) is 23.1 Å². The van der Waals surface area contributed by atoms with Crippen LogP contribution in [0.1, 0.15) is 55.3 Å². The number of nitrogens with one attached hydrogen (secondary N) is 1. The summed E-state index contributed by atoms with van der Waals surface area (Å²) in [5, 5.41) is 6.35. The Balaban J connectivity index is 1.50. The molecule has 2 atom stereocenters. The van der Waals surface area contributed by atoms with Gasteiger partial charge in [0.05, 0.1) is 17.0 Å². The van der Waals surface area contributed by atoms with Gasteiger partial charge in [-0.2, -0.15) is 13.2 Å². The third kappa shape index (κ3) is 6.50. The Bertz CT molecular complexity index is 1370. The van der Waals surface area contributed by atoms with Gasteiger partial charge >= 0.3 is 12.2 Å². The Hall–Kier alpha value is -4.09. The van der Waals surface area contributed by atoms with E-state index in [-0.39, 0.29) is 17.7 Å². The van der Waals surface area contributed by atoms with Gasteiger partial charge < -0.3 is 15.1 Å². The molecule has 0 bridgehead atoms. The third-order valence-corrected chi connectivity index (χ3v) is 6.50. The first-order valence-electron chi connectivity index (χ1n) is 12.2. The number of alkyl halides is 3. The number of aryl methyl sites for hydroxylation is 1. The second kappa shape index (κ2) is 11.3. The van der Waals surface area contributed by atoms with Crippen molar-refractivity contribution in [2.45, 2.75) is 51.7 Å². The van der Waals surface area contributed by atoms with Crippen LogP contribution in [0.4, 0.5) is 32.4 Å². The van der Waals surface area contributed by atoms with Gasteiger partial charge in [0, 0.05) is 30.3 Å². The smallest absolute Gasteiger partial charge is 0.357 e. The molecule has 2 heterocycles. The first-order chi connectivity index (χ1) is 18.4. The van der Waals surface area contributed by atoms with Crippen LogP contribution < -0.4 is 10.2 Å². The summed E-state index contributed by atoms with van der Waals surface area (Å²) in [7, 11) is 0. The zero-order valence-electron chi connectivity index (χ0n) is 21.4. The standard InChI is InChI=1S/C27H26F5N5O2/c1-15-12-18(10-11-37(15)26(38)35-25-22(28)8-5-9-23(25)29)24-21(14-33-17(3)34-24)16(2)36-39-20-7-4-6-19(13-20)27(30,31)32/h4-9,13-15,18H,10-12H2,1-3H3,(H,35,38)/b36-16+. The van der Waals surface area contributed by atoms with Crippen LogP contribution in [0.15, 0.2) is 53.8 Å². The highest BCUT2D eigenvalue weighted by Crippen LogP contribution is 2.34. The number of amides is 2. The number of piperidine rings is 1. The minimum absolute atomic E-state index is 0.0713. The summed E-state index contributed by atoms with van der Waals surface area (Å²) in [6, 6.07) is 6.84. The van der Waals surface area contributed by atoms with Gasteiger partial charge in [0.2, 0.25) is 0 Å². The molecule has 2 unspecified atom stereocenters. The highest BCUT2D eigenvalue weighted by molar-refractivity contribution is 5.99. The summed E-state index contributed by atoms with van der Waals surface area (Å²) in [4.78, 5) is 28.4. The van der Waals surface area contributed by atoms with Crippen LogP contribution in [0.25, 0.3) is 0 Å². The number of likely N-dealkylation sites (tertiary alicyclic amines) is 1. The molecule has 206 valence electrons. The lowest BCUT2D eigenvalue weighted by Gasteiger charge is -2.38. The van der Waals surface area contributed by atoms with Gasteiger partial charge in [-0.3, -0.25) is 0 Å². The summed E-state index contributed by atoms with van der Waals surface area (Å²) < 4.78 is 67.0. The molecule has 4 rings (SSSR count). The number of para-hydroxylation sites is 1. The molecular weight excluding hydrogens is 521 g/mol. The molecule has 0 radical (unpaired) electrons. The second-order valence-corrected chi connectivity index (χ2v) is 9.30. The quantitative estimate of drug-likeness (QED) is 0.219. The molecule has 1 fully saturated rings. The molecule has 3 aromatic rings. The minimum Gasteiger partial charge on any atom is -0.357 e. The first kappa shape index (κ1) is 27.9. The number of oxime groups is 1. The van der Waals surface area contributed by atoms with Crippen LogP contribution in [0.5, 0.6) is 5.75 Å². The predicted molar refractivity (Wildman–Crippen MR) is 135 cm³/mol. The number of halogens is 5. The molecule has 0 saturated carbocycles. The molecule has 12 heteroatoms. The largest absolute Gasteiger partial charge is 0.416 e. The topological polar surface area (TPSA) is 79.7 Å². The normalized spacial score (nSPS) is 18.2. The summed E-state index contributed by atoms with van der Waals surface area (Å²) in [6.45, 7) is 5.50. The lowest BCUT2D eigenvalue weighted by Crippen LogP contribution is -2.46. The summed E-state index contributed by atoms with van der Waals surface area (Å²) in [5.41, 5.74) is 0.248. The Kier molecular flexibility index (Phi) is 8.12. The minimum atomic E-state index is -4.51. The lowest BCUT2D eigenvalue weighted by atomic mass is 9.86. The van der Waals surface area contributed by atoms with Gasteiger partial charge in [0.15, 0.2) is 5.75 Å². The Morgan fingerprint density at radius 1 is 1.15 bits per heavy atom. The third-order valence-electron chi connectivity index (χ3n) is 6.50. The molecule has 39 heavy (non-hydrogen) atoms. The van der Waals surface area contributed by atoms with E-state index in [0.717, 1.165) is 24.3 Å². The zero-order valence-corrected chi connectivity index (χ0v) is 21.4. The van der Waals surface area contributed by atoms with Crippen molar-refractivity contribution < 1.29 is 31.6 Å². The van der Waals surface area contributed by atoms with Crippen LogP contribution >= 0.6 is 0 Å². The maximum absolute atomic E-state index is 14.0. The first-order valence-corrected chi connectivity index (χ1v) is 12.2. The number of carbonyl (C=O) groups is 1. The number of anilines is 1. The average molecular weight is 548 g/mol. The van der Waals surface area contributed by atoms with Gasteiger partial charge in [-0.1, -0.05) is 17.3 Å². The molecule has 1 N–H and O–H groups in total. The van der Waals surface area contributed by atoms with E-state index in [1.807, 2.05) is 6.92 Å². The van der Waals surface area contributed by atoms with E-state index in [4.69, 9.17) is 4.84 Å². The van der Waals surface area contributed by atoms with Crippen molar-refractivity contribution in [1.29, 1.82) is 0 Å². The number of benzene rings is 2. The van der Waals surface area contributed by atoms with Crippen LogP contribution in [0, 0.1) is 18.6 Å². The van der Waals surface area contributed by atoms with Gasteiger partial charge in [-0.05, 0) is 63.9 Å². The van der Waals surface area contributed by atoms with E-state index < -0.39 is 35.1 Å². The van der Waals surface area contributed by atoms with Gasteiger partial charge in [-0.15, -0.1) is 0 Å². The second-order valence-electron chi connectivity index (χ2n) is 9.30.